The van der Waals surface area contributed by atoms with Gasteiger partial charge in [-0.15, -0.1) is 0 Å². The summed E-state index contributed by atoms with van der Waals surface area (Å²) >= 11 is 12.1. The van der Waals surface area contributed by atoms with Crippen LogP contribution in [0.3, 0.4) is 0 Å². The number of rotatable bonds is 3. The summed E-state index contributed by atoms with van der Waals surface area (Å²) in [5, 5.41) is 13.0. The third-order valence-electron chi connectivity index (χ3n) is 2.62. The topological polar surface area (TPSA) is 61.7 Å². The number of para-hydroxylation sites is 2. The zero-order chi connectivity index (χ0) is 15.4. The fraction of sp³-hybridized carbons (Fsp3) is 0.0667. The molecule has 0 fully saturated rings. The van der Waals surface area contributed by atoms with Gasteiger partial charge in [0.1, 0.15) is 11.4 Å². The van der Waals surface area contributed by atoms with Crippen LogP contribution in [-0.2, 0) is 4.79 Å². The SMILES string of the molecule is CC(=O)Nc1cc(C=Nc2ccccc2O)c(Cl)cc1Cl. The fourth-order valence-electron chi connectivity index (χ4n) is 1.66. The fourth-order valence-corrected chi connectivity index (χ4v) is 2.14. The van der Waals surface area contributed by atoms with Crippen LogP contribution in [0.4, 0.5) is 11.4 Å². The van der Waals surface area contributed by atoms with Crippen molar-refractivity contribution < 1.29 is 9.90 Å². The first-order chi connectivity index (χ1) is 9.97. The van der Waals surface area contributed by atoms with Crippen LogP contribution in [0, 0.1) is 0 Å². The lowest BCUT2D eigenvalue weighted by molar-refractivity contribution is -0.114. The Morgan fingerprint density at radius 3 is 2.62 bits per heavy atom. The number of phenolic OH excluding ortho intramolecular Hbond substituents is 1. The molecule has 0 bridgehead atoms. The molecule has 4 nitrogen and oxygen atoms in total. The van der Waals surface area contributed by atoms with Gasteiger partial charge in [-0.2, -0.15) is 0 Å². The molecule has 1 amide bonds. The minimum Gasteiger partial charge on any atom is -0.506 e. The molecule has 0 heterocycles. The minimum absolute atomic E-state index is 0.0703. The number of anilines is 1. The van der Waals surface area contributed by atoms with Crippen molar-refractivity contribution in [3.63, 3.8) is 0 Å². The van der Waals surface area contributed by atoms with Gasteiger partial charge >= 0.3 is 0 Å². The number of hydrogen-bond donors (Lipinski definition) is 2. The maximum Gasteiger partial charge on any atom is 0.221 e. The van der Waals surface area contributed by atoms with Crippen molar-refractivity contribution >= 4 is 46.7 Å². The third kappa shape index (κ3) is 3.97. The first kappa shape index (κ1) is 15.4. The number of benzene rings is 2. The lowest BCUT2D eigenvalue weighted by atomic mass is 10.2. The molecule has 0 aromatic heterocycles. The minimum atomic E-state index is -0.234. The van der Waals surface area contributed by atoms with E-state index in [1.165, 1.54) is 19.2 Å². The molecular formula is C15H12Cl2N2O2. The molecule has 6 heteroatoms. The summed E-state index contributed by atoms with van der Waals surface area (Å²) in [7, 11) is 0. The normalized spacial score (nSPS) is 10.8. The van der Waals surface area contributed by atoms with Crippen molar-refractivity contribution in [2.45, 2.75) is 6.92 Å². The first-order valence-corrected chi connectivity index (χ1v) is 6.81. The van der Waals surface area contributed by atoms with Gasteiger partial charge in [-0.25, -0.2) is 0 Å². The summed E-state index contributed by atoms with van der Waals surface area (Å²) in [6.45, 7) is 1.39. The van der Waals surface area contributed by atoms with Crippen molar-refractivity contribution in [3.8, 4) is 5.75 Å². The molecule has 2 rings (SSSR count). The Kier molecular flexibility index (Phi) is 4.83. The highest BCUT2D eigenvalue weighted by Gasteiger charge is 2.07. The molecule has 0 aliphatic rings. The molecule has 0 spiro atoms. The highest BCUT2D eigenvalue weighted by molar-refractivity contribution is 6.38. The van der Waals surface area contributed by atoms with Gasteiger partial charge < -0.3 is 10.4 Å². The zero-order valence-electron chi connectivity index (χ0n) is 11.1. The van der Waals surface area contributed by atoms with E-state index in [2.05, 4.69) is 10.3 Å². The number of amides is 1. The van der Waals surface area contributed by atoms with Gasteiger partial charge in [0.2, 0.25) is 5.91 Å². The number of nitrogens with one attached hydrogen (secondary N) is 1. The standard InChI is InChI=1S/C15H12Cl2N2O2/c1-9(20)19-14-6-10(11(16)7-12(14)17)8-18-13-4-2-3-5-15(13)21/h2-8,21H,1H3,(H,19,20). The van der Waals surface area contributed by atoms with Crippen molar-refractivity contribution in [1.29, 1.82) is 0 Å². The van der Waals surface area contributed by atoms with E-state index in [0.717, 1.165) is 0 Å². The summed E-state index contributed by atoms with van der Waals surface area (Å²) in [4.78, 5) is 15.3. The number of carbonyl (C=O) groups is 1. The van der Waals surface area contributed by atoms with Gasteiger partial charge in [-0.3, -0.25) is 9.79 Å². The van der Waals surface area contributed by atoms with Crippen LogP contribution < -0.4 is 5.32 Å². The Morgan fingerprint density at radius 1 is 1.24 bits per heavy atom. The summed E-state index contributed by atoms with van der Waals surface area (Å²) in [5.74, 6) is -0.163. The number of phenols is 1. The van der Waals surface area contributed by atoms with Crippen LogP contribution in [0.25, 0.3) is 0 Å². The summed E-state index contributed by atoms with van der Waals surface area (Å²) in [6, 6.07) is 9.83. The monoisotopic (exact) mass is 322 g/mol. The second-order valence-corrected chi connectivity index (χ2v) is 5.10. The number of carbonyl (C=O) groups excluding carboxylic acids is 1. The van der Waals surface area contributed by atoms with Gasteiger partial charge in [-0.1, -0.05) is 35.3 Å². The molecule has 0 aliphatic heterocycles. The summed E-state index contributed by atoms with van der Waals surface area (Å²) in [5.41, 5.74) is 1.45. The molecule has 2 aromatic carbocycles. The van der Waals surface area contributed by atoms with Crippen molar-refractivity contribution in [2.75, 3.05) is 5.32 Å². The van der Waals surface area contributed by atoms with Crippen molar-refractivity contribution in [2.24, 2.45) is 4.99 Å². The Morgan fingerprint density at radius 2 is 1.95 bits per heavy atom. The highest BCUT2D eigenvalue weighted by Crippen LogP contribution is 2.30. The maximum absolute atomic E-state index is 11.1. The quantitative estimate of drug-likeness (QED) is 0.822. The smallest absolute Gasteiger partial charge is 0.221 e. The van der Waals surface area contributed by atoms with E-state index in [1.807, 2.05) is 0 Å². The van der Waals surface area contributed by atoms with Gasteiger partial charge in [0.05, 0.1) is 15.7 Å². The average Bonchev–Trinajstić information content (AvgIpc) is 2.41. The Balaban J connectivity index is 2.35. The average molecular weight is 323 g/mol. The lowest BCUT2D eigenvalue weighted by Crippen LogP contribution is -2.06. The van der Waals surface area contributed by atoms with E-state index in [0.29, 0.717) is 27.0 Å². The van der Waals surface area contributed by atoms with Gasteiger partial charge in [0.25, 0.3) is 0 Å². The molecule has 0 aliphatic carbocycles. The maximum atomic E-state index is 11.1. The second-order valence-electron chi connectivity index (χ2n) is 4.28. The predicted octanol–water partition coefficient (Wildman–Crippen LogP) is 4.41. The van der Waals surface area contributed by atoms with E-state index >= 15 is 0 Å². The van der Waals surface area contributed by atoms with Gasteiger partial charge in [0.15, 0.2) is 0 Å². The van der Waals surface area contributed by atoms with E-state index in [1.54, 1.807) is 30.3 Å². The van der Waals surface area contributed by atoms with Crippen LogP contribution in [0.1, 0.15) is 12.5 Å². The Labute approximate surface area is 132 Å². The zero-order valence-corrected chi connectivity index (χ0v) is 12.6. The molecule has 2 aromatic rings. The van der Waals surface area contributed by atoms with Crippen LogP contribution >= 0.6 is 23.2 Å². The number of halogens is 2. The molecule has 0 atom stereocenters. The molecule has 0 radical (unpaired) electrons. The van der Waals surface area contributed by atoms with E-state index in [4.69, 9.17) is 23.2 Å². The van der Waals surface area contributed by atoms with Gasteiger partial charge in [0, 0.05) is 18.7 Å². The van der Waals surface area contributed by atoms with Crippen molar-refractivity contribution in [1.82, 2.24) is 0 Å². The van der Waals surface area contributed by atoms with E-state index < -0.39 is 0 Å². The summed E-state index contributed by atoms with van der Waals surface area (Å²) < 4.78 is 0. The van der Waals surface area contributed by atoms with Crippen LogP contribution in [0.2, 0.25) is 10.0 Å². The number of hydrogen-bond acceptors (Lipinski definition) is 3. The van der Waals surface area contributed by atoms with Crippen LogP contribution in [-0.4, -0.2) is 17.2 Å². The van der Waals surface area contributed by atoms with E-state index in [-0.39, 0.29) is 11.7 Å². The number of aromatic hydroxyl groups is 1. The third-order valence-corrected chi connectivity index (χ3v) is 3.26. The largest absolute Gasteiger partial charge is 0.506 e. The van der Waals surface area contributed by atoms with Crippen molar-refractivity contribution in [3.05, 3.63) is 52.0 Å². The number of nitrogens with zero attached hydrogens (tertiary/aromatic N) is 1. The molecule has 108 valence electrons. The molecule has 0 unspecified atom stereocenters. The molecule has 2 N–H and O–H groups in total. The predicted molar refractivity (Wildman–Crippen MR) is 86.1 cm³/mol. The molecular weight excluding hydrogens is 311 g/mol. The lowest BCUT2D eigenvalue weighted by Gasteiger charge is -2.07. The Hall–Kier alpha value is -2.04. The highest BCUT2D eigenvalue weighted by atomic mass is 35.5. The number of aliphatic imine (C=N–C) groups is 1. The second kappa shape index (κ2) is 6.61. The molecule has 21 heavy (non-hydrogen) atoms. The molecule has 0 saturated heterocycles. The van der Waals surface area contributed by atoms with E-state index in [9.17, 15) is 9.90 Å². The van der Waals surface area contributed by atoms with Gasteiger partial charge in [-0.05, 0) is 24.3 Å². The summed E-state index contributed by atoms with van der Waals surface area (Å²) in [6.07, 6.45) is 1.50. The first-order valence-electron chi connectivity index (χ1n) is 6.06. The van der Waals surface area contributed by atoms with Crippen LogP contribution in [0.5, 0.6) is 5.75 Å². The Bertz CT molecular complexity index is 715. The van der Waals surface area contributed by atoms with Crippen LogP contribution in [0.15, 0.2) is 41.4 Å². The molecule has 0 saturated carbocycles.